The van der Waals surface area contributed by atoms with Crippen LogP contribution in [0.2, 0.25) is 0 Å². The van der Waals surface area contributed by atoms with E-state index in [4.69, 9.17) is 10.2 Å². The third kappa shape index (κ3) is 2.90. The summed E-state index contributed by atoms with van der Waals surface area (Å²) in [7, 11) is 0. The first-order valence-electron chi connectivity index (χ1n) is 6.64. The fourth-order valence-electron chi connectivity index (χ4n) is 2.68. The van der Waals surface area contributed by atoms with Crippen LogP contribution in [0.4, 0.5) is 0 Å². The van der Waals surface area contributed by atoms with E-state index in [1.165, 1.54) is 12.8 Å². The molecule has 1 aromatic heterocycles. The average molecular weight is 236 g/mol. The highest BCUT2D eigenvalue weighted by Gasteiger charge is 2.27. The van der Waals surface area contributed by atoms with Crippen LogP contribution in [-0.4, -0.2) is 24.0 Å². The van der Waals surface area contributed by atoms with Crippen LogP contribution in [-0.2, 0) is 0 Å². The lowest BCUT2D eigenvalue weighted by Crippen LogP contribution is -2.43. The van der Waals surface area contributed by atoms with Gasteiger partial charge in [0.15, 0.2) is 0 Å². The van der Waals surface area contributed by atoms with Crippen LogP contribution in [0.3, 0.4) is 0 Å². The van der Waals surface area contributed by atoms with Gasteiger partial charge in [-0.2, -0.15) is 0 Å². The molecule has 1 saturated heterocycles. The molecule has 96 valence electrons. The van der Waals surface area contributed by atoms with Crippen LogP contribution in [0.5, 0.6) is 0 Å². The summed E-state index contributed by atoms with van der Waals surface area (Å²) in [4.78, 5) is 2.50. The Labute approximate surface area is 104 Å². The molecule has 3 nitrogen and oxygen atoms in total. The van der Waals surface area contributed by atoms with E-state index in [2.05, 4.69) is 24.8 Å². The molecule has 3 atom stereocenters. The van der Waals surface area contributed by atoms with Crippen LogP contribution in [0.1, 0.15) is 44.3 Å². The van der Waals surface area contributed by atoms with Crippen LogP contribution in [0, 0.1) is 12.8 Å². The van der Waals surface area contributed by atoms with E-state index >= 15 is 0 Å². The molecule has 2 heterocycles. The highest BCUT2D eigenvalue weighted by Crippen LogP contribution is 2.28. The number of nitrogens with zero attached hydrogens (tertiary/aromatic N) is 1. The normalized spacial score (nSPS) is 25.8. The minimum atomic E-state index is 0.295. The fraction of sp³-hybridized carbons (Fsp3) is 0.714. The molecule has 0 aliphatic carbocycles. The number of furan rings is 1. The van der Waals surface area contributed by atoms with E-state index in [0.717, 1.165) is 24.6 Å². The molecule has 2 rings (SSSR count). The summed E-state index contributed by atoms with van der Waals surface area (Å²) in [6, 6.07) is 4.79. The average Bonchev–Trinajstić information content (AvgIpc) is 2.75. The molecule has 0 bridgehead atoms. The first kappa shape index (κ1) is 12.7. The quantitative estimate of drug-likeness (QED) is 0.877. The molecule has 0 spiro atoms. The van der Waals surface area contributed by atoms with Crippen LogP contribution >= 0.6 is 0 Å². The maximum absolute atomic E-state index is 6.02. The lowest BCUT2D eigenvalue weighted by Gasteiger charge is -2.37. The van der Waals surface area contributed by atoms with E-state index in [1.807, 2.05) is 13.0 Å². The summed E-state index contributed by atoms with van der Waals surface area (Å²) in [6.07, 6.45) is 2.51. The zero-order valence-corrected chi connectivity index (χ0v) is 11.1. The SMILES string of the molecule is Cc1ccc(C(C)N2CCCC(C(C)N)C2)o1. The van der Waals surface area contributed by atoms with Crippen molar-refractivity contribution in [3.8, 4) is 0 Å². The third-order valence-corrected chi connectivity index (χ3v) is 3.95. The van der Waals surface area contributed by atoms with Crippen molar-refractivity contribution in [3.05, 3.63) is 23.7 Å². The zero-order chi connectivity index (χ0) is 12.4. The van der Waals surface area contributed by atoms with Gasteiger partial charge in [0.2, 0.25) is 0 Å². The van der Waals surface area contributed by atoms with Crippen molar-refractivity contribution in [2.24, 2.45) is 11.7 Å². The maximum atomic E-state index is 6.02. The van der Waals surface area contributed by atoms with Crippen molar-refractivity contribution in [3.63, 3.8) is 0 Å². The molecule has 3 unspecified atom stereocenters. The van der Waals surface area contributed by atoms with E-state index in [-0.39, 0.29) is 0 Å². The monoisotopic (exact) mass is 236 g/mol. The summed E-state index contributed by atoms with van der Waals surface area (Å²) in [5.41, 5.74) is 6.02. The number of nitrogens with two attached hydrogens (primary N) is 1. The third-order valence-electron chi connectivity index (χ3n) is 3.95. The molecule has 1 aliphatic heterocycles. The largest absolute Gasteiger partial charge is 0.465 e. The molecule has 0 saturated carbocycles. The fourth-order valence-corrected chi connectivity index (χ4v) is 2.68. The van der Waals surface area contributed by atoms with E-state index in [9.17, 15) is 0 Å². The Morgan fingerprint density at radius 1 is 1.41 bits per heavy atom. The van der Waals surface area contributed by atoms with Crippen LogP contribution in [0.15, 0.2) is 16.5 Å². The molecule has 3 heteroatoms. The minimum absolute atomic E-state index is 0.295. The molecular formula is C14H24N2O. The topological polar surface area (TPSA) is 42.4 Å². The van der Waals surface area contributed by atoms with Crippen molar-refractivity contribution >= 4 is 0 Å². The number of hydrogen-bond acceptors (Lipinski definition) is 3. The Hall–Kier alpha value is -0.800. The summed E-state index contributed by atoms with van der Waals surface area (Å²) >= 11 is 0. The summed E-state index contributed by atoms with van der Waals surface area (Å²) < 4.78 is 5.72. The Bertz CT molecular complexity index is 359. The second-order valence-corrected chi connectivity index (χ2v) is 5.38. The molecule has 1 fully saturated rings. The van der Waals surface area contributed by atoms with Crippen LogP contribution in [0.25, 0.3) is 0 Å². The van der Waals surface area contributed by atoms with Gasteiger partial charge in [-0.25, -0.2) is 0 Å². The molecule has 1 aliphatic rings. The van der Waals surface area contributed by atoms with E-state index in [1.54, 1.807) is 0 Å². The number of likely N-dealkylation sites (tertiary alicyclic amines) is 1. The molecule has 0 radical (unpaired) electrons. The van der Waals surface area contributed by atoms with Gasteiger partial charge in [0.25, 0.3) is 0 Å². The van der Waals surface area contributed by atoms with E-state index in [0.29, 0.717) is 18.0 Å². The molecule has 1 aromatic rings. The molecular weight excluding hydrogens is 212 g/mol. The highest BCUT2D eigenvalue weighted by atomic mass is 16.3. The van der Waals surface area contributed by atoms with Gasteiger partial charge in [-0.05, 0) is 58.2 Å². The van der Waals surface area contributed by atoms with Gasteiger partial charge < -0.3 is 10.2 Å². The van der Waals surface area contributed by atoms with Crippen molar-refractivity contribution in [1.82, 2.24) is 4.90 Å². The van der Waals surface area contributed by atoms with Gasteiger partial charge in [0.1, 0.15) is 11.5 Å². The molecule has 17 heavy (non-hydrogen) atoms. The van der Waals surface area contributed by atoms with Crippen molar-refractivity contribution in [2.75, 3.05) is 13.1 Å². The predicted molar refractivity (Wildman–Crippen MR) is 69.8 cm³/mol. The number of aryl methyl sites for hydroxylation is 1. The van der Waals surface area contributed by atoms with Crippen molar-refractivity contribution < 1.29 is 4.42 Å². The Morgan fingerprint density at radius 3 is 2.76 bits per heavy atom. The van der Waals surface area contributed by atoms with Gasteiger partial charge in [0.05, 0.1) is 6.04 Å². The van der Waals surface area contributed by atoms with Gasteiger partial charge in [0, 0.05) is 12.6 Å². The maximum Gasteiger partial charge on any atom is 0.121 e. The first-order valence-corrected chi connectivity index (χ1v) is 6.64. The van der Waals surface area contributed by atoms with Gasteiger partial charge in [-0.1, -0.05) is 0 Å². The van der Waals surface area contributed by atoms with Gasteiger partial charge in [-0.3, -0.25) is 4.90 Å². The highest BCUT2D eigenvalue weighted by molar-refractivity contribution is 5.09. The van der Waals surface area contributed by atoms with Crippen molar-refractivity contribution in [2.45, 2.75) is 45.7 Å². The van der Waals surface area contributed by atoms with E-state index < -0.39 is 0 Å². The molecule has 0 amide bonds. The number of piperidine rings is 1. The summed E-state index contributed by atoms with van der Waals surface area (Å²) in [6.45, 7) is 8.59. The molecule has 2 N–H and O–H groups in total. The van der Waals surface area contributed by atoms with Gasteiger partial charge in [-0.15, -0.1) is 0 Å². The second-order valence-electron chi connectivity index (χ2n) is 5.38. The standard InChI is InChI=1S/C14H24N2O/c1-10-6-7-14(17-10)12(3)16-8-4-5-13(9-16)11(2)15/h6-7,11-13H,4-5,8-9,15H2,1-3H3. The zero-order valence-electron chi connectivity index (χ0n) is 11.1. The van der Waals surface area contributed by atoms with Crippen molar-refractivity contribution in [1.29, 1.82) is 0 Å². The van der Waals surface area contributed by atoms with Crippen LogP contribution < -0.4 is 5.73 Å². The number of hydrogen-bond donors (Lipinski definition) is 1. The summed E-state index contributed by atoms with van der Waals surface area (Å²) in [5, 5.41) is 0. The second kappa shape index (κ2) is 5.23. The smallest absolute Gasteiger partial charge is 0.121 e. The first-order chi connectivity index (χ1) is 8.08. The Kier molecular flexibility index (Phi) is 3.89. The molecule has 0 aromatic carbocycles. The summed E-state index contributed by atoms with van der Waals surface area (Å²) in [5.74, 6) is 2.70. The lowest BCUT2D eigenvalue weighted by atomic mass is 9.91. The number of rotatable bonds is 3. The Morgan fingerprint density at radius 2 is 2.18 bits per heavy atom. The lowest BCUT2D eigenvalue weighted by molar-refractivity contribution is 0.109. The van der Waals surface area contributed by atoms with Gasteiger partial charge >= 0.3 is 0 Å². The Balaban J connectivity index is 2.02. The minimum Gasteiger partial charge on any atom is -0.465 e. The predicted octanol–water partition coefficient (Wildman–Crippen LogP) is 2.71.